The maximum absolute atomic E-state index is 11.1. The molecule has 0 atom stereocenters. The molecule has 1 amide bonds. The molecule has 0 aliphatic carbocycles. The van der Waals surface area contributed by atoms with E-state index >= 15 is 0 Å². The average Bonchev–Trinajstić information content (AvgIpc) is 2.25. The number of carbonyl (C=O) groups excluding carboxylic acids is 2. The molecule has 0 unspecified atom stereocenters. The fourth-order valence-corrected chi connectivity index (χ4v) is 1.10. The molecule has 0 heterocycles. The Bertz CT molecular complexity index is 340. The molecule has 0 saturated heterocycles. The first kappa shape index (κ1) is 15.2. The first-order chi connectivity index (χ1) is 7.18. The van der Waals surface area contributed by atoms with Crippen LogP contribution in [0.3, 0.4) is 0 Å². The van der Waals surface area contributed by atoms with E-state index in [4.69, 9.17) is 0 Å². The summed E-state index contributed by atoms with van der Waals surface area (Å²) in [5.74, 6) is -1.48. The minimum absolute atomic E-state index is 0. The molecule has 0 fully saturated rings. The minimum atomic E-state index is -1.20. The van der Waals surface area contributed by atoms with Gasteiger partial charge in [0.25, 0.3) is 0 Å². The molecule has 0 bridgehead atoms. The summed E-state index contributed by atoms with van der Waals surface area (Å²) in [6.07, 6.45) is -0.268. The summed E-state index contributed by atoms with van der Waals surface area (Å²) in [7, 11) is 0. The van der Waals surface area contributed by atoms with Gasteiger partial charge in [0.1, 0.15) is 0 Å². The van der Waals surface area contributed by atoms with Crippen LogP contribution in [0.4, 0.5) is 0 Å². The maximum Gasteiger partial charge on any atom is 1.00 e. The Morgan fingerprint density at radius 1 is 1.12 bits per heavy atom. The largest absolute Gasteiger partial charge is 1.00 e. The van der Waals surface area contributed by atoms with Crippen LogP contribution in [0.15, 0.2) is 30.3 Å². The van der Waals surface area contributed by atoms with Gasteiger partial charge >= 0.3 is 29.6 Å². The van der Waals surface area contributed by atoms with Gasteiger partial charge in [-0.15, -0.1) is 0 Å². The van der Waals surface area contributed by atoms with Crippen molar-refractivity contribution in [3.63, 3.8) is 0 Å². The van der Waals surface area contributed by atoms with Crippen molar-refractivity contribution in [2.24, 2.45) is 0 Å². The Kier molecular flexibility index (Phi) is 7.89. The van der Waals surface area contributed by atoms with Crippen LogP contribution in [-0.2, 0) is 16.1 Å². The molecule has 16 heavy (non-hydrogen) atoms. The Morgan fingerprint density at radius 2 is 1.75 bits per heavy atom. The van der Waals surface area contributed by atoms with Gasteiger partial charge in [0, 0.05) is 18.9 Å². The molecule has 1 N–H and O–H groups in total. The summed E-state index contributed by atoms with van der Waals surface area (Å²) in [6.45, 7) is 0.423. The fraction of sp³-hybridized carbons (Fsp3) is 0.273. The molecule has 0 aliphatic heterocycles. The van der Waals surface area contributed by atoms with E-state index < -0.39 is 5.97 Å². The van der Waals surface area contributed by atoms with Crippen molar-refractivity contribution in [2.45, 2.75) is 19.4 Å². The number of nitrogens with one attached hydrogen (secondary N) is 1. The number of carboxylic acid groups (broad SMARTS) is 1. The molecule has 0 spiro atoms. The second kappa shape index (κ2) is 8.33. The number of hydrogen-bond acceptors (Lipinski definition) is 3. The number of carbonyl (C=O) groups is 2. The molecule has 0 radical (unpaired) electrons. The van der Waals surface area contributed by atoms with Crippen molar-refractivity contribution in [3.8, 4) is 0 Å². The number of benzene rings is 1. The second-order valence-corrected chi connectivity index (χ2v) is 3.13. The van der Waals surface area contributed by atoms with E-state index in [0.29, 0.717) is 6.54 Å². The monoisotopic (exact) mass is 229 g/mol. The SMILES string of the molecule is O=C([O-])CCC(=O)NCc1ccccc1.[Na+]. The summed E-state index contributed by atoms with van der Waals surface area (Å²) in [5, 5.41) is 12.7. The van der Waals surface area contributed by atoms with E-state index in [1.807, 2.05) is 30.3 Å². The van der Waals surface area contributed by atoms with E-state index in [9.17, 15) is 14.7 Å². The summed E-state index contributed by atoms with van der Waals surface area (Å²) in [5.41, 5.74) is 0.985. The van der Waals surface area contributed by atoms with E-state index in [1.54, 1.807) is 0 Å². The summed E-state index contributed by atoms with van der Waals surface area (Å²) < 4.78 is 0. The van der Waals surface area contributed by atoms with E-state index in [0.717, 1.165) is 5.56 Å². The van der Waals surface area contributed by atoms with Gasteiger partial charge in [0.2, 0.25) is 5.91 Å². The van der Waals surface area contributed by atoms with Gasteiger partial charge in [0.15, 0.2) is 0 Å². The summed E-state index contributed by atoms with van der Waals surface area (Å²) in [6, 6.07) is 9.42. The number of amides is 1. The number of carboxylic acids is 1. The fourth-order valence-electron chi connectivity index (χ4n) is 1.10. The average molecular weight is 229 g/mol. The number of hydrogen-bond donors (Lipinski definition) is 1. The molecule has 0 saturated carbocycles. The van der Waals surface area contributed by atoms with Crippen LogP contribution in [-0.4, -0.2) is 11.9 Å². The smallest absolute Gasteiger partial charge is 0.550 e. The van der Waals surface area contributed by atoms with Gasteiger partial charge in [-0.25, -0.2) is 0 Å². The molecule has 1 rings (SSSR count). The first-order valence-corrected chi connectivity index (χ1v) is 4.69. The maximum atomic E-state index is 11.1. The van der Waals surface area contributed by atoms with Gasteiger partial charge in [-0.3, -0.25) is 4.79 Å². The van der Waals surface area contributed by atoms with E-state index in [-0.39, 0.29) is 48.3 Å². The molecule has 0 aliphatic rings. The van der Waals surface area contributed by atoms with Crippen molar-refractivity contribution < 1.29 is 44.3 Å². The van der Waals surface area contributed by atoms with Crippen molar-refractivity contribution in [3.05, 3.63) is 35.9 Å². The zero-order valence-electron chi connectivity index (χ0n) is 9.23. The van der Waals surface area contributed by atoms with E-state index in [2.05, 4.69) is 5.32 Å². The predicted octanol–water partition coefficient (Wildman–Crippen LogP) is -3.16. The first-order valence-electron chi connectivity index (χ1n) is 4.69. The van der Waals surface area contributed by atoms with Crippen molar-refractivity contribution in [2.75, 3.05) is 0 Å². The standard InChI is InChI=1S/C11H13NO3.Na/c13-10(6-7-11(14)15)12-8-9-4-2-1-3-5-9;/h1-5H,6-8H2,(H,12,13)(H,14,15);/q;+1/p-1. The molecule has 4 nitrogen and oxygen atoms in total. The molecule has 5 heteroatoms. The summed E-state index contributed by atoms with van der Waals surface area (Å²) >= 11 is 0. The summed E-state index contributed by atoms with van der Waals surface area (Å²) in [4.78, 5) is 21.2. The van der Waals surface area contributed by atoms with Crippen LogP contribution >= 0.6 is 0 Å². The quantitative estimate of drug-likeness (QED) is 0.542. The topological polar surface area (TPSA) is 69.2 Å². The molecule has 1 aromatic carbocycles. The van der Waals surface area contributed by atoms with Gasteiger partial charge < -0.3 is 15.2 Å². The van der Waals surface area contributed by atoms with Gasteiger partial charge in [-0.05, 0) is 12.0 Å². The normalized spacial score (nSPS) is 9.00. The number of aliphatic carboxylic acids is 1. The van der Waals surface area contributed by atoms with E-state index in [1.165, 1.54) is 0 Å². The third kappa shape index (κ3) is 6.61. The Morgan fingerprint density at radius 3 is 2.31 bits per heavy atom. The molecular weight excluding hydrogens is 217 g/mol. The third-order valence-electron chi connectivity index (χ3n) is 1.89. The Balaban J connectivity index is 0.00000225. The van der Waals surface area contributed by atoms with Crippen LogP contribution in [0, 0.1) is 0 Å². The van der Waals surface area contributed by atoms with Gasteiger partial charge in [0.05, 0.1) is 0 Å². The molecular formula is C11H12NNaO3. The minimum Gasteiger partial charge on any atom is -0.550 e. The van der Waals surface area contributed by atoms with Crippen molar-refractivity contribution >= 4 is 11.9 Å². The predicted molar refractivity (Wildman–Crippen MR) is 52.5 cm³/mol. The van der Waals surface area contributed by atoms with Crippen LogP contribution in [0.5, 0.6) is 0 Å². The zero-order chi connectivity index (χ0) is 11.1. The zero-order valence-corrected chi connectivity index (χ0v) is 11.2. The molecule has 0 aromatic heterocycles. The Labute approximate surface area is 116 Å². The van der Waals surface area contributed by atoms with Crippen LogP contribution < -0.4 is 40.0 Å². The van der Waals surface area contributed by atoms with Crippen molar-refractivity contribution in [1.82, 2.24) is 5.32 Å². The third-order valence-corrected chi connectivity index (χ3v) is 1.89. The van der Waals surface area contributed by atoms with Crippen LogP contribution in [0.25, 0.3) is 0 Å². The number of rotatable bonds is 5. The van der Waals surface area contributed by atoms with Crippen molar-refractivity contribution in [1.29, 1.82) is 0 Å². The molecule has 80 valence electrons. The molecule has 1 aromatic rings. The van der Waals surface area contributed by atoms with Gasteiger partial charge in [-0.2, -0.15) is 0 Å². The van der Waals surface area contributed by atoms with Gasteiger partial charge in [-0.1, -0.05) is 30.3 Å². The Hall–Kier alpha value is -0.840. The second-order valence-electron chi connectivity index (χ2n) is 3.13. The van der Waals surface area contributed by atoms with Crippen LogP contribution in [0.2, 0.25) is 0 Å². The van der Waals surface area contributed by atoms with Crippen LogP contribution in [0.1, 0.15) is 18.4 Å².